The standard InChI is InChI=1S/C3H12N2P2/c1-4(6)5(2)7-3/h7H,6H2,1-3H3. The first-order valence-corrected chi connectivity index (χ1v) is 4.04. The highest BCUT2D eigenvalue weighted by Crippen LogP contribution is 2.13. The lowest BCUT2D eigenvalue weighted by Crippen LogP contribution is -2.18. The summed E-state index contributed by atoms with van der Waals surface area (Å²) in [6.45, 7) is 2.14. The fourth-order valence-electron chi connectivity index (χ4n) is 0.158. The molecule has 0 aromatic rings. The Morgan fingerprint density at radius 2 is 1.86 bits per heavy atom. The zero-order valence-electron chi connectivity index (χ0n) is 4.97. The van der Waals surface area contributed by atoms with Crippen molar-refractivity contribution in [2.75, 3.05) is 20.8 Å². The van der Waals surface area contributed by atoms with Crippen LogP contribution in [0.25, 0.3) is 0 Å². The van der Waals surface area contributed by atoms with Gasteiger partial charge in [-0.05, 0) is 24.8 Å². The van der Waals surface area contributed by atoms with Gasteiger partial charge in [0, 0.05) is 14.1 Å². The maximum Gasteiger partial charge on any atom is 0.00594 e. The van der Waals surface area contributed by atoms with E-state index in [1.165, 1.54) is 0 Å². The predicted molar refractivity (Wildman–Crippen MR) is 39.5 cm³/mol. The number of hydrogen-bond donors (Lipinski definition) is 0. The second kappa shape index (κ2) is 3.74. The van der Waals surface area contributed by atoms with Gasteiger partial charge in [0.2, 0.25) is 0 Å². The maximum atomic E-state index is 2.58. The fraction of sp³-hybridized carbons (Fsp3) is 1.00. The lowest BCUT2D eigenvalue weighted by Gasteiger charge is -2.20. The Morgan fingerprint density at radius 1 is 1.43 bits per heavy atom. The van der Waals surface area contributed by atoms with Crippen LogP contribution in [0.15, 0.2) is 0 Å². The first kappa shape index (κ1) is 7.78. The van der Waals surface area contributed by atoms with E-state index in [4.69, 9.17) is 0 Å². The molecule has 0 spiro atoms. The number of hydrazine groups is 1. The summed E-state index contributed by atoms with van der Waals surface area (Å²) in [4.78, 5) is 0. The van der Waals surface area contributed by atoms with E-state index in [-0.39, 0.29) is 0 Å². The van der Waals surface area contributed by atoms with Crippen LogP contribution in [0.5, 0.6) is 0 Å². The Bertz CT molecular complexity index is 48.2. The van der Waals surface area contributed by atoms with E-state index in [0.29, 0.717) is 0 Å². The van der Waals surface area contributed by atoms with E-state index in [9.17, 15) is 0 Å². The van der Waals surface area contributed by atoms with Gasteiger partial charge in [-0.15, -0.1) is 0 Å². The fourth-order valence-corrected chi connectivity index (χ4v) is 0.820. The summed E-state index contributed by atoms with van der Waals surface area (Å²) in [7, 11) is 7.48. The highest BCUT2D eigenvalue weighted by molar-refractivity contribution is 7.34. The third-order valence-corrected chi connectivity index (χ3v) is 2.34. The lowest BCUT2D eigenvalue weighted by atomic mass is 11.4. The summed E-state index contributed by atoms with van der Waals surface area (Å²) in [5, 5.41) is 0. The van der Waals surface area contributed by atoms with E-state index in [2.05, 4.69) is 20.8 Å². The van der Waals surface area contributed by atoms with Crippen LogP contribution in [-0.2, 0) is 0 Å². The van der Waals surface area contributed by atoms with Crippen molar-refractivity contribution in [3.8, 4) is 0 Å². The largest absolute Gasteiger partial charge is 0.226 e. The molecule has 0 bridgehead atoms. The molecule has 2 atom stereocenters. The predicted octanol–water partition coefficient (Wildman–Crippen LogP) is 0.778. The smallest absolute Gasteiger partial charge is 0.00594 e. The van der Waals surface area contributed by atoms with Crippen molar-refractivity contribution in [3.63, 3.8) is 0 Å². The zero-order valence-corrected chi connectivity index (χ0v) is 7.13. The minimum atomic E-state index is 0.850. The van der Waals surface area contributed by atoms with Gasteiger partial charge in [-0.3, -0.25) is 0 Å². The molecule has 0 aliphatic rings. The zero-order chi connectivity index (χ0) is 5.86. The molecule has 0 N–H and O–H groups in total. The summed E-state index contributed by atoms with van der Waals surface area (Å²) in [5.74, 6) is 0. The highest BCUT2D eigenvalue weighted by atomic mass is 31.1. The van der Waals surface area contributed by atoms with Gasteiger partial charge in [0.25, 0.3) is 0 Å². The van der Waals surface area contributed by atoms with Crippen LogP contribution in [0.3, 0.4) is 0 Å². The van der Waals surface area contributed by atoms with Gasteiger partial charge in [0.1, 0.15) is 0 Å². The lowest BCUT2D eigenvalue weighted by molar-refractivity contribution is 0.280. The van der Waals surface area contributed by atoms with Crippen molar-refractivity contribution in [1.29, 1.82) is 0 Å². The van der Waals surface area contributed by atoms with Crippen molar-refractivity contribution >= 4 is 18.1 Å². The summed E-state index contributed by atoms with van der Waals surface area (Å²) >= 11 is 0. The van der Waals surface area contributed by atoms with Crippen molar-refractivity contribution < 1.29 is 0 Å². The quantitative estimate of drug-likeness (QED) is 0.411. The van der Waals surface area contributed by atoms with Gasteiger partial charge in [0.15, 0.2) is 0 Å². The van der Waals surface area contributed by atoms with Crippen LogP contribution in [0.4, 0.5) is 0 Å². The van der Waals surface area contributed by atoms with E-state index in [0.717, 1.165) is 8.73 Å². The first-order valence-electron chi connectivity index (χ1n) is 2.08. The maximum absolute atomic E-state index is 2.58. The Morgan fingerprint density at radius 3 is 1.86 bits per heavy atom. The molecule has 0 saturated heterocycles. The van der Waals surface area contributed by atoms with Crippen molar-refractivity contribution in [2.45, 2.75) is 0 Å². The molecule has 2 unspecified atom stereocenters. The van der Waals surface area contributed by atoms with Crippen LogP contribution in [0, 0.1) is 0 Å². The van der Waals surface area contributed by atoms with Gasteiger partial charge < -0.3 is 0 Å². The van der Waals surface area contributed by atoms with E-state index < -0.39 is 0 Å². The molecular weight excluding hydrogens is 126 g/mol. The van der Waals surface area contributed by atoms with E-state index in [1.54, 1.807) is 0 Å². The first-order chi connectivity index (χ1) is 3.18. The molecule has 0 amide bonds. The van der Waals surface area contributed by atoms with Crippen molar-refractivity contribution in [2.24, 2.45) is 0 Å². The summed E-state index contributed by atoms with van der Waals surface area (Å²) in [5.41, 5.74) is 0. The summed E-state index contributed by atoms with van der Waals surface area (Å²) in [6, 6.07) is 0. The van der Waals surface area contributed by atoms with Gasteiger partial charge in [0.05, 0.1) is 0 Å². The molecule has 0 fully saturated rings. The van der Waals surface area contributed by atoms with Gasteiger partial charge in [-0.2, -0.15) is 0 Å². The molecule has 0 aliphatic carbocycles. The normalized spacial score (nSPS) is 12.9. The molecule has 0 saturated carbocycles. The Balaban J connectivity index is 3.14. The van der Waals surface area contributed by atoms with Crippen LogP contribution >= 0.6 is 18.1 Å². The number of rotatable bonds is 2. The summed E-state index contributed by atoms with van der Waals surface area (Å²) in [6.07, 6.45) is 0. The van der Waals surface area contributed by atoms with Crippen molar-refractivity contribution in [3.05, 3.63) is 0 Å². The number of hydrogen-bond acceptors (Lipinski definition) is 2. The molecule has 7 heavy (non-hydrogen) atoms. The molecule has 0 aliphatic heterocycles. The summed E-state index contributed by atoms with van der Waals surface area (Å²) < 4.78 is 4.10. The Kier molecular flexibility index (Phi) is 4.16. The second-order valence-corrected chi connectivity index (χ2v) is 3.16. The SMILES string of the molecule is CPN(C)N(C)P. The monoisotopic (exact) mass is 138 g/mol. The molecule has 2 nitrogen and oxygen atoms in total. The minimum absolute atomic E-state index is 0.850. The molecular formula is C3H12N2P2. The third kappa shape index (κ3) is 3.37. The van der Waals surface area contributed by atoms with Crippen LogP contribution in [0.2, 0.25) is 0 Å². The molecule has 0 aromatic carbocycles. The third-order valence-electron chi connectivity index (χ3n) is 0.797. The van der Waals surface area contributed by atoms with Crippen LogP contribution < -0.4 is 0 Å². The number of nitrogens with zero attached hydrogens (tertiary/aromatic N) is 2. The Labute approximate surface area is 49.3 Å². The van der Waals surface area contributed by atoms with Gasteiger partial charge in [-0.1, -0.05) is 0 Å². The molecule has 44 valence electrons. The van der Waals surface area contributed by atoms with Crippen LogP contribution in [-0.4, -0.2) is 30.3 Å². The second-order valence-electron chi connectivity index (χ2n) is 1.32. The molecule has 0 rings (SSSR count). The highest BCUT2D eigenvalue weighted by Gasteiger charge is 1.91. The van der Waals surface area contributed by atoms with Gasteiger partial charge >= 0.3 is 0 Å². The van der Waals surface area contributed by atoms with Gasteiger partial charge in [-0.25, -0.2) is 9.56 Å². The minimum Gasteiger partial charge on any atom is -0.226 e. The van der Waals surface area contributed by atoms with Crippen molar-refractivity contribution in [1.82, 2.24) is 9.56 Å². The molecule has 4 heteroatoms. The molecule has 0 radical (unpaired) electrons. The molecule has 0 heterocycles. The van der Waals surface area contributed by atoms with E-state index >= 15 is 0 Å². The van der Waals surface area contributed by atoms with Crippen LogP contribution in [0.1, 0.15) is 0 Å². The van der Waals surface area contributed by atoms with E-state index in [1.807, 2.05) is 18.9 Å². The topological polar surface area (TPSA) is 6.48 Å². The average molecular weight is 138 g/mol. The Hall–Kier alpha value is 0.780. The molecule has 0 aromatic heterocycles. The average Bonchev–Trinajstić information content (AvgIpc) is 1.65.